The van der Waals surface area contributed by atoms with Crippen LogP contribution >= 0.6 is 46.2 Å². The zero-order chi connectivity index (χ0) is 18.3. The molecular weight excluding hydrogens is 408 g/mol. The first-order chi connectivity index (χ1) is 12.6. The molecule has 0 fully saturated rings. The molecular formula is C17H9ClN4OS3. The number of thiophene rings is 1. The van der Waals surface area contributed by atoms with Gasteiger partial charge in [0.25, 0.3) is 5.56 Å². The Morgan fingerprint density at radius 2 is 2.08 bits per heavy atom. The molecule has 4 rings (SSSR count). The van der Waals surface area contributed by atoms with E-state index < -0.39 is 0 Å². The van der Waals surface area contributed by atoms with Crippen molar-refractivity contribution in [2.75, 3.05) is 0 Å². The molecule has 0 N–H and O–H groups in total. The number of fused-ring (bicyclic) bond motifs is 1. The number of hydrogen-bond acceptors (Lipinski definition) is 7. The quantitative estimate of drug-likeness (QED) is 0.449. The van der Waals surface area contributed by atoms with E-state index in [0.717, 1.165) is 22.0 Å². The molecule has 0 bridgehead atoms. The highest BCUT2D eigenvalue weighted by Gasteiger charge is 2.18. The fourth-order valence-electron chi connectivity index (χ4n) is 2.38. The summed E-state index contributed by atoms with van der Waals surface area (Å²) in [4.78, 5) is 19.1. The van der Waals surface area contributed by atoms with E-state index in [-0.39, 0.29) is 10.7 Å². The Morgan fingerprint density at radius 3 is 2.81 bits per heavy atom. The molecule has 4 aromatic rings. The molecule has 3 aromatic heterocycles. The molecule has 0 amide bonds. The number of benzene rings is 1. The Balaban J connectivity index is 1.83. The second kappa shape index (κ2) is 6.85. The average Bonchev–Trinajstić information content (AvgIpc) is 3.24. The van der Waals surface area contributed by atoms with E-state index in [1.807, 2.05) is 42.5 Å². The van der Waals surface area contributed by atoms with E-state index in [0.29, 0.717) is 25.1 Å². The average molecular weight is 417 g/mol. The number of hydrogen-bond donors (Lipinski definition) is 0. The predicted molar refractivity (Wildman–Crippen MR) is 106 cm³/mol. The van der Waals surface area contributed by atoms with Gasteiger partial charge in [0.2, 0.25) is 0 Å². The number of aromatic nitrogens is 3. The van der Waals surface area contributed by atoms with Crippen LogP contribution in [0.3, 0.4) is 0 Å². The molecule has 5 nitrogen and oxygen atoms in total. The molecule has 0 saturated carbocycles. The summed E-state index contributed by atoms with van der Waals surface area (Å²) in [6.07, 6.45) is 0. The first kappa shape index (κ1) is 17.2. The van der Waals surface area contributed by atoms with Crippen LogP contribution in [0.5, 0.6) is 0 Å². The number of rotatable bonds is 3. The van der Waals surface area contributed by atoms with E-state index in [9.17, 15) is 10.1 Å². The minimum Gasteiger partial charge on any atom is -0.290 e. The Labute approximate surface area is 165 Å². The van der Waals surface area contributed by atoms with Crippen molar-refractivity contribution in [3.05, 3.63) is 57.5 Å². The van der Waals surface area contributed by atoms with Crippen molar-refractivity contribution in [2.24, 2.45) is 7.05 Å². The third-order valence-electron chi connectivity index (χ3n) is 3.70. The van der Waals surface area contributed by atoms with Crippen LogP contribution in [0.4, 0.5) is 0 Å². The van der Waals surface area contributed by atoms with Crippen molar-refractivity contribution in [3.8, 4) is 16.5 Å². The molecule has 3 heterocycles. The van der Waals surface area contributed by atoms with Crippen LogP contribution in [0.15, 0.2) is 50.6 Å². The molecule has 0 radical (unpaired) electrons. The van der Waals surface area contributed by atoms with Gasteiger partial charge in [-0.25, -0.2) is 4.98 Å². The van der Waals surface area contributed by atoms with Crippen LogP contribution in [0.1, 0.15) is 5.56 Å². The molecule has 9 heteroatoms. The van der Waals surface area contributed by atoms with Gasteiger partial charge in [-0.05, 0) is 34.9 Å². The van der Waals surface area contributed by atoms with Gasteiger partial charge in [0.1, 0.15) is 20.7 Å². The van der Waals surface area contributed by atoms with Crippen molar-refractivity contribution < 1.29 is 0 Å². The monoisotopic (exact) mass is 416 g/mol. The Bertz CT molecular complexity index is 1220. The smallest absolute Gasteiger partial charge is 0.262 e. The van der Waals surface area contributed by atoms with Crippen LogP contribution in [-0.4, -0.2) is 13.9 Å². The van der Waals surface area contributed by atoms with E-state index >= 15 is 0 Å². The molecule has 26 heavy (non-hydrogen) atoms. The number of nitriles is 1. The molecule has 0 unspecified atom stereocenters. The first-order valence-corrected chi connectivity index (χ1v) is 10.2. The maximum absolute atomic E-state index is 12.8. The third kappa shape index (κ3) is 2.93. The minimum absolute atomic E-state index is 0.120. The van der Waals surface area contributed by atoms with Gasteiger partial charge in [0.15, 0.2) is 10.3 Å². The predicted octanol–water partition coefficient (Wildman–Crippen LogP) is 4.79. The third-order valence-corrected chi connectivity index (χ3v) is 7.21. The maximum atomic E-state index is 12.8. The van der Waals surface area contributed by atoms with Crippen molar-refractivity contribution in [1.29, 1.82) is 5.26 Å². The fraction of sp³-hybridized carbons (Fsp3) is 0.0588. The minimum atomic E-state index is -0.120. The summed E-state index contributed by atoms with van der Waals surface area (Å²) in [5.41, 5.74) is 1.24. The van der Waals surface area contributed by atoms with Crippen molar-refractivity contribution in [1.82, 2.24) is 13.9 Å². The standard InChI is InChI=1S/C17H9ClN4OS3/c1-22-15(23)10-7-12(9-5-3-2-4-6-9)24-14(10)20-17(22)25-16-11(8-19)13(18)21-26-16/h2-7H,1H3. The summed E-state index contributed by atoms with van der Waals surface area (Å²) in [6.45, 7) is 0. The van der Waals surface area contributed by atoms with Crippen LogP contribution < -0.4 is 5.56 Å². The summed E-state index contributed by atoms with van der Waals surface area (Å²) in [6, 6.07) is 13.8. The van der Waals surface area contributed by atoms with Crippen LogP contribution in [0, 0.1) is 11.3 Å². The van der Waals surface area contributed by atoms with Crippen molar-refractivity contribution >= 4 is 56.4 Å². The second-order valence-corrected chi connectivity index (χ2v) is 8.70. The largest absolute Gasteiger partial charge is 0.290 e. The molecule has 0 saturated heterocycles. The Kier molecular flexibility index (Phi) is 4.54. The van der Waals surface area contributed by atoms with Gasteiger partial charge in [0.05, 0.1) is 5.39 Å². The number of nitrogens with zero attached hydrogens (tertiary/aromatic N) is 4. The summed E-state index contributed by atoms with van der Waals surface area (Å²) in [5.74, 6) is 0. The normalized spacial score (nSPS) is 11.0. The van der Waals surface area contributed by atoms with Gasteiger partial charge in [-0.2, -0.15) is 9.64 Å². The highest BCUT2D eigenvalue weighted by molar-refractivity contribution is 8.01. The topological polar surface area (TPSA) is 71.6 Å². The van der Waals surface area contributed by atoms with E-state index in [4.69, 9.17) is 11.6 Å². The van der Waals surface area contributed by atoms with E-state index in [1.54, 1.807) is 7.05 Å². The molecule has 0 spiro atoms. The lowest BCUT2D eigenvalue weighted by molar-refractivity contribution is 0.728. The van der Waals surface area contributed by atoms with Crippen LogP contribution in [-0.2, 0) is 7.05 Å². The van der Waals surface area contributed by atoms with Gasteiger partial charge in [-0.1, -0.05) is 41.9 Å². The number of halogens is 1. The summed E-state index contributed by atoms with van der Waals surface area (Å²) < 4.78 is 6.11. The molecule has 0 aliphatic heterocycles. The van der Waals surface area contributed by atoms with Crippen LogP contribution in [0.25, 0.3) is 20.7 Å². The maximum Gasteiger partial charge on any atom is 0.262 e. The fourth-order valence-corrected chi connectivity index (χ4v) is 5.56. The molecule has 0 atom stereocenters. The zero-order valence-corrected chi connectivity index (χ0v) is 16.5. The molecule has 0 aliphatic carbocycles. The van der Waals surface area contributed by atoms with E-state index in [2.05, 4.69) is 9.36 Å². The SMILES string of the molecule is Cn1c(Sc2snc(Cl)c2C#N)nc2sc(-c3ccccc3)cc2c1=O. The van der Waals surface area contributed by atoms with Crippen molar-refractivity contribution in [3.63, 3.8) is 0 Å². The highest BCUT2D eigenvalue weighted by atomic mass is 35.5. The van der Waals surface area contributed by atoms with Crippen LogP contribution in [0.2, 0.25) is 5.15 Å². The van der Waals surface area contributed by atoms with Crippen molar-refractivity contribution in [2.45, 2.75) is 9.37 Å². The van der Waals surface area contributed by atoms with Gasteiger partial charge >= 0.3 is 0 Å². The van der Waals surface area contributed by atoms with Gasteiger partial charge in [0, 0.05) is 11.9 Å². The Hall–Kier alpha value is -2.18. The lowest BCUT2D eigenvalue weighted by Crippen LogP contribution is -2.18. The summed E-state index contributed by atoms with van der Waals surface area (Å²) in [5, 5.41) is 10.5. The molecule has 128 valence electrons. The second-order valence-electron chi connectivity index (χ2n) is 5.30. The lowest BCUT2D eigenvalue weighted by Gasteiger charge is -2.05. The highest BCUT2D eigenvalue weighted by Crippen LogP contribution is 2.37. The Morgan fingerprint density at radius 1 is 1.31 bits per heavy atom. The van der Waals surface area contributed by atoms with E-state index in [1.165, 1.54) is 27.7 Å². The van der Waals surface area contributed by atoms with Gasteiger partial charge in [-0.3, -0.25) is 9.36 Å². The zero-order valence-electron chi connectivity index (χ0n) is 13.3. The first-order valence-electron chi connectivity index (χ1n) is 7.37. The summed E-state index contributed by atoms with van der Waals surface area (Å²) in [7, 11) is 1.67. The van der Waals surface area contributed by atoms with Gasteiger partial charge in [-0.15, -0.1) is 11.3 Å². The lowest BCUT2D eigenvalue weighted by atomic mass is 10.2. The molecule has 1 aromatic carbocycles. The summed E-state index contributed by atoms with van der Waals surface area (Å²) >= 11 is 9.75. The molecule has 0 aliphatic rings. The van der Waals surface area contributed by atoms with Gasteiger partial charge < -0.3 is 0 Å².